The molecule has 1 aliphatic rings. The first-order valence-corrected chi connectivity index (χ1v) is 8.91. The molecule has 1 fully saturated rings. The maximum atomic E-state index is 3.69. The quantitative estimate of drug-likeness (QED) is 0.695. The van der Waals surface area contributed by atoms with Gasteiger partial charge in [0.15, 0.2) is 0 Å². The first-order valence-electron chi connectivity index (χ1n) is 8.91. The van der Waals surface area contributed by atoms with Gasteiger partial charge >= 0.3 is 0 Å². The summed E-state index contributed by atoms with van der Waals surface area (Å²) in [4.78, 5) is 0. The van der Waals surface area contributed by atoms with Gasteiger partial charge in [-0.1, -0.05) is 71.2 Å². The first kappa shape index (κ1) is 16.5. The summed E-state index contributed by atoms with van der Waals surface area (Å²) in [6, 6.07) is 9.97. The summed E-state index contributed by atoms with van der Waals surface area (Å²) in [5.41, 5.74) is 3.30. The van der Waals surface area contributed by atoms with Crippen molar-refractivity contribution in [2.75, 3.05) is 6.54 Å². The molecule has 0 amide bonds. The van der Waals surface area contributed by atoms with Crippen LogP contribution in [0.1, 0.15) is 89.3 Å². The summed E-state index contributed by atoms with van der Waals surface area (Å²) in [5.74, 6) is 0.810. The third-order valence-electron chi connectivity index (χ3n) is 5.45. The van der Waals surface area contributed by atoms with Crippen molar-refractivity contribution in [2.24, 2.45) is 5.41 Å². The van der Waals surface area contributed by atoms with E-state index in [2.05, 4.69) is 57.3 Å². The average molecular weight is 287 g/mol. The van der Waals surface area contributed by atoms with Crippen LogP contribution in [0.5, 0.6) is 0 Å². The molecule has 0 saturated heterocycles. The van der Waals surface area contributed by atoms with E-state index in [0.29, 0.717) is 11.5 Å². The lowest BCUT2D eigenvalue weighted by atomic mass is 9.77. The van der Waals surface area contributed by atoms with Crippen LogP contribution in [0.4, 0.5) is 0 Å². The van der Waals surface area contributed by atoms with Crippen molar-refractivity contribution in [3.63, 3.8) is 0 Å². The summed E-state index contributed by atoms with van der Waals surface area (Å²) in [5, 5.41) is 3.69. The monoisotopic (exact) mass is 287 g/mol. The maximum Gasteiger partial charge on any atom is 0.0371 e. The van der Waals surface area contributed by atoms with E-state index in [4.69, 9.17) is 0 Å². The molecular weight excluding hydrogens is 254 g/mol. The van der Waals surface area contributed by atoms with Crippen molar-refractivity contribution in [1.82, 2.24) is 5.32 Å². The molecule has 1 heteroatoms. The lowest BCUT2D eigenvalue weighted by Gasteiger charge is -2.35. The molecule has 0 spiro atoms. The van der Waals surface area contributed by atoms with Gasteiger partial charge in [-0.3, -0.25) is 0 Å². The molecule has 0 aromatic heterocycles. The first-order chi connectivity index (χ1) is 10.1. The van der Waals surface area contributed by atoms with Crippen LogP contribution in [-0.2, 0) is 0 Å². The minimum atomic E-state index is 0.294. The molecule has 0 aliphatic heterocycles. The van der Waals surface area contributed by atoms with Crippen molar-refractivity contribution >= 4 is 0 Å². The SMILES string of the molecule is CCNC(c1ccc(C2CCCCC2)cc1)C(C)(C)CC. The number of benzene rings is 1. The predicted molar refractivity (Wildman–Crippen MR) is 92.8 cm³/mol. The maximum absolute atomic E-state index is 3.69. The zero-order chi connectivity index (χ0) is 15.3. The van der Waals surface area contributed by atoms with Crippen molar-refractivity contribution < 1.29 is 0 Å². The molecule has 0 bridgehead atoms. The second-order valence-electron chi connectivity index (χ2n) is 7.33. The van der Waals surface area contributed by atoms with Crippen LogP contribution in [0.2, 0.25) is 0 Å². The minimum absolute atomic E-state index is 0.294. The van der Waals surface area contributed by atoms with Crippen LogP contribution in [-0.4, -0.2) is 6.54 Å². The van der Waals surface area contributed by atoms with E-state index in [9.17, 15) is 0 Å². The number of hydrogen-bond donors (Lipinski definition) is 1. The molecule has 1 aliphatic carbocycles. The molecule has 2 rings (SSSR count). The van der Waals surface area contributed by atoms with Gasteiger partial charge in [-0.2, -0.15) is 0 Å². The Kier molecular flexibility index (Phi) is 5.87. The summed E-state index contributed by atoms with van der Waals surface area (Å²) >= 11 is 0. The molecule has 1 aromatic carbocycles. The highest BCUT2D eigenvalue weighted by atomic mass is 14.9. The Bertz CT molecular complexity index is 412. The van der Waals surface area contributed by atoms with Crippen LogP contribution < -0.4 is 5.32 Å². The van der Waals surface area contributed by atoms with Crippen LogP contribution in [0.3, 0.4) is 0 Å². The number of nitrogens with one attached hydrogen (secondary N) is 1. The molecule has 1 N–H and O–H groups in total. The van der Waals surface area contributed by atoms with Crippen LogP contribution in [0.15, 0.2) is 24.3 Å². The third-order valence-corrected chi connectivity index (χ3v) is 5.45. The van der Waals surface area contributed by atoms with E-state index >= 15 is 0 Å². The summed E-state index contributed by atoms with van der Waals surface area (Å²) in [6.45, 7) is 10.3. The second kappa shape index (κ2) is 7.45. The van der Waals surface area contributed by atoms with Gasteiger partial charge in [0.2, 0.25) is 0 Å². The molecule has 1 saturated carbocycles. The fourth-order valence-electron chi connectivity index (χ4n) is 3.65. The van der Waals surface area contributed by atoms with E-state index in [1.165, 1.54) is 44.1 Å². The lowest BCUT2D eigenvalue weighted by Crippen LogP contribution is -2.33. The molecule has 118 valence electrons. The zero-order valence-corrected chi connectivity index (χ0v) is 14.4. The van der Waals surface area contributed by atoms with Gasteiger partial charge in [0, 0.05) is 6.04 Å². The molecule has 0 heterocycles. The fraction of sp³-hybridized carbons (Fsp3) is 0.700. The Balaban J connectivity index is 2.15. The van der Waals surface area contributed by atoms with Crippen molar-refractivity contribution in [3.8, 4) is 0 Å². The third kappa shape index (κ3) is 4.10. The van der Waals surface area contributed by atoms with Gasteiger partial charge in [-0.05, 0) is 48.3 Å². The van der Waals surface area contributed by atoms with Crippen molar-refractivity contribution in [3.05, 3.63) is 35.4 Å². The molecule has 0 radical (unpaired) electrons. The van der Waals surface area contributed by atoms with E-state index in [1.54, 1.807) is 5.56 Å². The van der Waals surface area contributed by atoms with Crippen LogP contribution in [0.25, 0.3) is 0 Å². The minimum Gasteiger partial charge on any atom is -0.310 e. The largest absolute Gasteiger partial charge is 0.310 e. The van der Waals surface area contributed by atoms with E-state index in [0.717, 1.165) is 12.5 Å². The predicted octanol–water partition coefficient (Wildman–Crippen LogP) is 5.82. The van der Waals surface area contributed by atoms with Crippen LogP contribution >= 0.6 is 0 Å². The summed E-state index contributed by atoms with van der Waals surface area (Å²) in [6.07, 6.45) is 8.22. The molecule has 1 aromatic rings. The zero-order valence-electron chi connectivity index (χ0n) is 14.4. The highest BCUT2D eigenvalue weighted by Crippen LogP contribution is 2.38. The Morgan fingerprint density at radius 2 is 1.67 bits per heavy atom. The van der Waals surface area contributed by atoms with Gasteiger partial charge in [-0.25, -0.2) is 0 Å². The molecule has 21 heavy (non-hydrogen) atoms. The molecule has 1 unspecified atom stereocenters. The van der Waals surface area contributed by atoms with Gasteiger partial charge < -0.3 is 5.32 Å². The smallest absolute Gasteiger partial charge is 0.0371 e. The highest BCUT2D eigenvalue weighted by Gasteiger charge is 2.28. The number of rotatable bonds is 6. The summed E-state index contributed by atoms with van der Waals surface area (Å²) < 4.78 is 0. The van der Waals surface area contributed by atoms with E-state index in [1.807, 2.05) is 0 Å². The van der Waals surface area contributed by atoms with Gasteiger partial charge in [0.1, 0.15) is 0 Å². The van der Waals surface area contributed by atoms with E-state index < -0.39 is 0 Å². The Hall–Kier alpha value is -0.820. The summed E-state index contributed by atoms with van der Waals surface area (Å²) in [7, 11) is 0. The lowest BCUT2D eigenvalue weighted by molar-refractivity contribution is 0.237. The molecular formula is C20H33N. The second-order valence-corrected chi connectivity index (χ2v) is 7.33. The van der Waals surface area contributed by atoms with Crippen LogP contribution in [0, 0.1) is 5.41 Å². The Morgan fingerprint density at radius 3 is 2.19 bits per heavy atom. The molecule has 1 nitrogen and oxygen atoms in total. The standard InChI is InChI=1S/C20H33N/c1-5-20(3,4)19(21-6-2)18-14-12-17(13-15-18)16-10-8-7-9-11-16/h12-16,19,21H,5-11H2,1-4H3. The fourth-order valence-corrected chi connectivity index (χ4v) is 3.65. The van der Waals surface area contributed by atoms with Gasteiger partial charge in [0.25, 0.3) is 0 Å². The Morgan fingerprint density at radius 1 is 1.05 bits per heavy atom. The van der Waals surface area contributed by atoms with Crippen molar-refractivity contribution in [2.45, 2.75) is 78.2 Å². The van der Waals surface area contributed by atoms with Crippen molar-refractivity contribution in [1.29, 1.82) is 0 Å². The van der Waals surface area contributed by atoms with Gasteiger partial charge in [-0.15, -0.1) is 0 Å². The average Bonchev–Trinajstić information content (AvgIpc) is 2.53. The topological polar surface area (TPSA) is 12.0 Å². The van der Waals surface area contributed by atoms with E-state index in [-0.39, 0.29) is 0 Å². The Labute approximate surface area is 131 Å². The highest BCUT2D eigenvalue weighted by molar-refractivity contribution is 5.28. The molecule has 1 atom stereocenters. The normalized spacial score (nSPS) is 18.7. The number of hydrogen-bond acceptors (Lipinski definition) is 1. The van der Waals surface area contributed by atoms with Gasteiger partial charge in [0.05, 0.1) is 0 Å².